The summed E-state index contributed by atoms with van der Waals surface area (Å²) in [7, 11) is 0. The van der Waals surface area contributed by atoms with Crippen LogP contribution in [-0.4, -0.2) is 49.2 Å². The largest absolute Gasteiger partial charge is 0.503 e. The van der Waals surface area contributed by atoms with Crippen molar-refractivity contribution in [1.29, 1.82) is 0 Å². The van der Waals surface area contributed by atoms with Crippen molar-refractivity contribution in [2.24, 2.45) is 0 Å². The summed E-state index contributed by atoms with van der Waals surface area (Å²) in [6, 6.07) is 2.04. The second-order valence-corrected chi connectivity index (χ2v) is 5.70. The normalized spacial score (nSPS) is 18.0. The molecular formula is C14H19BrF2N2O2. The van der Waals surface area contributed by atoms with Crippen LogP contribution in [0.25, 0.3) is 0 Å². The molecule has 0 saturated carbocycles. The lowest BCUT2D eigenvalue weighted by atomic mass is 10.0. The summed E-state index contributed by atoms with van der Waals surface area (Å²) in [5, 5.41) is 13.1. The Morgan fingerprint density at radius 3 is 2.62 bits per heavy atom. The standard InChI is InChI=1S/C14H19BrF2N2O2/c1-2-21-11-8-9(7-10(15)13(11)20)12(14(16)17)19-5-3-18-4-6-19/h7-8,12,14,18,20H,2-6H2,1H3/t12-/m0/s1. The molecule has 1 heterocycles. The molecule has 21 heavy (non-hydrogen) atoms. The molecule has 0 radical (unpaired) electrons. The number of phenols is 1. The van der Waals surface area contributed by atoms with E-state index in [-0.39, 0.29) is 11.5 Å². The highest BCUT2D eigenvalue weighted by Crippen LogP contribution is 2.39. The van der Waals surface area contributed by atoms with Crippen molar-refractivity contribution in [3.8, 4) is 11.5 Å². The molecule has 2 N–H and O–H groups in total. The van der Waals surface area contributed by atoms with E-state index in [9.17, 15) is 13.9 Å². The van der Waals surface area contributed by atoms with Gasteiger partial charge in [0.1, 0.15) is 0 Å². The zero-order valence-corrected chi connectivity index (χ0v) is 13.4. The van der Waals surface area contributed by atoms with Gasteiger partial charge in [-0.1, -0.05) is 0 Å². The van der Waals surface area contributed by atoms with Gasteiger partial charge in [-0.25, -0.2) is 8.78 Å². The molecule has 4 nitrogen and oxygen atoms in total. The summed E-state index contributed by atoms with van der Waals surface area (Å²) in [4.78, 5) is 1.76. The first-order valence-corrected chi connectivity index (χ1v) is 7.72. The van der Waals surface area contributed by atoms with Crippen LogP contribution < -0.4 is 10.1 Å². The Labute approximate surface area is 131 Å². The molecule has 0 unspecified atom stereocenters. The molecule has 1 aromatic rings. The highest BCUT2D eigenvalue weighted by atomic mass is 79.9. The van der Waals surface area contributed by atoms with E-state index in [1.54, 1.807) is 11.8 Å². The van der Waals surface area contributed by atoms with Crippen molar-refractivity contribution >= 4 is 15.9 Å². The van der Waals surface area contributed by atoms with Crippen molar-refractivity contribution in [3.63, 3.8) is 0 Å². The maximum atomic E-state index is 13.5. The number of nitrogens with zero attached hydrogens (tertiary/aromatic N) is 1. The highest BCUT2D eigenvalue weighted by molar-refractivity contribution is 9.10. The molecule has 0 aromatic heterocycles. The summed E-state index contributed by atoms with van der Waals surface area (Å²) in [6.07, 6.45) is -2.51. The minimum Gasteiger partial charge on any atom is -0.503 e. The number of ether oxygens (including phenoxy) is 1. The molecule has 2 rings (SSSR count). The number of nitrogens with one attached hydrogen (secondary N) is 1. The Kier molecular flexibility index (Phi) is 5.78. The number of halogens is 3. The van der Waals surface area contributed by atoms with E-state index in [4.69, 9.17) is 4.74 Å². The lowest BCUT2D eigenvalue weighted by molar-refractivity contribution is 0.0180. The topological polar surface area (TPSA) is 44.7 Å². The van der Waals surface area contributed by atoms with Crippen LogP contribution in [-0.2, 0) is 0 Å². The quantitative estimate of drug-likeness (QED) is 0.843. The van der Waals surface area contributed by atoms with E-state index in [1.165, 1.54) is 12.1 Å². The third-order valence-corrected chi connectivity index (χ3v) is 4.08. The molecule has 1 fully saturated rings. The minimum atomic E-state index is -2.51. The van der Waals surface area contributed by atoms with Gasteiger partial charge in [0.05, 0.1) is 17.1 Å². The van der Waals surface area contributed by atoms with E-state index < -0.39 is 12.5 Å². The number of hydrogen-bond acceptors (Lipinski definition) is 4. The maximum Gasteiger partial charge on any atom is 0.258 e. The van der Waals surface area contributed by atoms with Crippen LogP contribution in [0.1, 0.15) is 18.5 Å². The predicted octanol–water partition coefficient (Wildman–Crippen LogP) is 2.76. The number of piperazine rings is 1. The Morgan fingerprint density at radius 2 is 2.05 bits per heavy atom. The maximum absolute atomic E-state index is 13.5. The van der Waals surface area contributed by atoms with Gasteiger partial charge >= 0.3 is 0 Å². The molecule has 7 heteroatoms. The molecule has 0 aliphatic carbocycles. The molecule has 0 spiro atoms. The monoisotopic (exact) mass is 364 g/mol. The fraction of sp³-hybridized carbons (Fsp3) is 0.571. The SMILES string of the molecule is CCOc1cc([C@@H](C(F)F)N2CCNCC2)cc(Br)c1O. The van der Waals surface area contributed by atoms with E-state index in [0.717, 1.165) is 0 Å². The molecule has 0 amide bonds. The second kappa shape index (κ2) is 7.38. The number of hydrogen-bond donors (Lipinski definition) is 2. The van der Waals surface area contributed by atoms with Gasteiger partial charge in [0, 0.05) is 26.2 Å². The number of rotatable bonds is 5. The van der Waals surface area contributed by atoms with Gasteiger partial charge in [0.15, 0.2) is 11.5 Å². The minimum absolute atomic E-state index is 0.0612. The fourth-order valence-electron chi connectivity index (χ4n) is 2.51. The molecule has 1 saturated heterocycles. The number of alkyl halides is 2. The highest BCUT2D eigenvalue weighted by Gasteiger charge is 2.31. The second-order valence-electron chi connectivity index (χ2n) is 4.85. The van der Waals surface area contributed by atoms with Gasteiger partial charge in [-0.15, -0.1) is 0 Å². The van der Waals surface area contributed by atoms with Gasteiger partial charge in [0.2, 0.25) is 0 Å². The summed E-state index contributed by atoms with van der Waals surface area (Å²) in [5.74, 6) is 0.164. The average molecular weight is 365 g/mol. The smallest absolute Gasteiger partial charge is 0.258 e. The van der Waals surface area contributed by atoms with Crippen molar-refractivity contribution in [2.45, 2.75) is 19.4 Å². The van der Waals surface area contributed by atoms with Crippen LogP contribution in [0.2, 0.25) is 0 Å². The van der Waals surface area contributed by atoms with Gasteiger partial charge in [-0.05, 0) is 40.5 Å². The number of aromatic hydroxyl groups is 1. The Hall–Kier alpha value is -0.920. The lowest BCUT2D eigenvalue weighted by Gasteiger charge is -2.34. The first-order chi connectivity index (χ1) is 10.0. The Bertz CT molecular complexity index is 482. The van der Waals surface area contributed by atoms with Crippen molar-refractivity contribution < 1.29 is 18.6 Å². The van der Waals surface area contributed by atoms with Gasteiger partial charge in [-0.2, -0.15) is 0 Å². The molecule has 1 aliphatic heterocycles. The van der Waals surface area contributed by atoms with Crippen LogP contribution in [0.5, 0.6) is 11.5 Å². The zero-order valence-electron chi connectivity index (χ0n) is 11.8. The predicted molar refractivity (Wildman–Crippen MR) is 80.2 cm³/mol. The Morgan fingerprint density at radius 1 is 1.38 bits per heavy atom. The number of benzene rings is 1. The molecule has 118 valence electrons. The van der Waals surface area contributed by atoms with Crippen LogP contribution >= 0.6 is 15.9 Å². The molecule has 1 aromatic carbocycles. The third kappa shape index (κ3) is 3.84. The third-order valence-electron chi connectivity index (χ3n) is 3.48. The Balaban J connectivity index is 2.35. The van der Waals surface area contributed by atoms with Crippen LogP contribution in [0.3, 0.4) is 0 Å². The lowest BCUT2D eigenvalue weighted by Crippen LogP contribution is -2.46. The van der Waals surface area contributed by atoms with Crippen molar-refractivity contribution in [3.05, 3.63) is 22.2 Å². The van der Waals surface area contributed by atoms with E-state index in [0.29, 0.717) is 42.8 Å². The zero-order chi connectivity index (χ0) is 15.4. The summed E-state index contributed by atoms with van der Waals surface area (Å²) < 4.78 is 32.8. The molecule has 0 bridgehead atoms. The van der Waals surface area contributed by atoms with Crippen LogP contribution in [0.4, 0.5) is 8.78 Å². The van der Waals surface area contributed by atoms with Gasteiger partial charge in [0.25, 0.3) is 6.43 Å². The summed E-state index contributed by atoms with van der Waals surface area (Å²) in [6.45, 7) is 4.66. The van der Waals surface area contributed by atoms with Crippen molar-refractivity contribution in [1.82, 2.24) is 10.2 Å². The van der Waals surface area contributed by atoms with Gasteiger partial charge in [-0.3, -0.25) is 4.90 Å². The van der Waals surface area contributed by atoms with E-state index in [2.05, 4.69) is 21.2 Å². The number of phenolic OH excluding ortho intramolecular Hbond substituents is 1. The molecule has 1 atom stereocenters. The first kappa shape index (κ1) is 16.5. The van der Waals surface area contributed by atoms with Gasteiger partial charge < -0.3 is 15.2 Å². The summed E-state index contributed by atoms with van der Waals surface area (Å²) >= 11 is 3.20. The van der Waals surface area contributed by atoms with E-state index >= 15 is 0 Å². The average Bonchev–Trinajstić information content (AvgIpc) is 2.45. The van der Waals surface area contributed by atoms with E-state index in [1.807, 2.05) is 0 Å². The van der Waals surface area contributed by atoms with Crippen LogP contribution in [0, 0.1) is 0 Å². The van der Waals surface area contributed by atoms with Crippen LogP contribution in [0.15, 0.2) is 16.6 Å². The first-order valence-electron chi connectivity index (χ1n) is 6.92. The molecular weight excluding hydrogens is 346 g/mol. The molecule has 1 aliphatic rings. The summed E-state index contributed by atoms with van der Waals surface area (Å²) in [5.41, 5.74) is 0.444. The fourth-order valence-corrected chi connectivity index (χ4v) is 2.97. The van der Waals surface area contributed by atoms with Crippen molar-refractivity contribution in [2.75, 3.05) is 32.8 Å².